The summed E-state index contributed by atoms with van der Waals surface area (Å²) >= 11 is 0. The topological polar surface area (TPSA) is 0 Å². The first-order valence-electron chi connectivity index (χ1n) is 12.1. The van der Waals surface area contributed by atoms with Gasteiger partial charge in [-0.2, -0.15) is 0 Å². The molecule has 0 atom stereocenters. The molecule has 160 valence electrons. The van der Waals surface area contributed by atoms with Gasteiger partial charge in [0.05, 0.1) is 0 Å². The van der Waals surface area contributed by atoms with E-state index in [9.17, 15) is 4.39 Å². The Morgan fingerprint density at radius 1 is 0.833 bits per heavy atom. The van der Waals surface area contributed by atoms with Crippen molar-refractivity contribution < 1.29 is 4.39 Å². The number of hydrogen-bond acceptors (Lipinski definition) is 0. The lowest BCUT2D eigenvalue weighted by Crippen LogP contribution is -2.12. The molecule has 0 aromatic heterocycles. The van der Waals surface area contributed by atoms with Gasteiger partial charge >= 0.3 is 0 Å². The molecule has 0 nitrogen and oxygen atoms in total. The maximum atomic E-state index is 14.1. The maximum absolute atomic E-state index is 14.1. The lowest BCUT2D eigenvalue weighted by Gasteiger charge is -2.26. The van der Waals surface area contributed by atoms with E-state index < -0.39 is 0 Å². The summed E-state index contributed by atoms with van der Waals surface area (Å²) in [5, 5.41) is 0. The van der Waals surface area contributed by atoms with E-state index in [-0.39, 0.29) is 5.82 Å². The summed E-state index contributed by atoms with van der Waals surface area (Å²) in [6.07, 6.45) is 13.0. The molecule has 2 aromatic carbocycles. The summed E-state index contributed by atoms with van der Waals surface area (Å²) in [5.74, 6) is 7.64. The molecule has 0 bridgehead atoms. The average molecular weight is 405 g/mol. The molecule has 30 heavy (non-hydrogen) atoms. The Morgan fingerprint density at radius 3 is 2.27 bits per heavy atom. The molecule has 1 aliphatic carbocycles. The summed E-state index contributed by atoms with van der Waals surface area (Å²) < 4.78 is 14.1. The molecule has 0 saturated heterocycles. The molecule has 0 heterocycles. The van der Waals surface area contributed by atoms with Crippen LogP contribution in [-0.2, 0) is 12.8 Å². The Balaban J connectivity index is 1.48. The summed E-state index contributed by atoms with van der Waals surface area (Å²) in [4.78, 5) is 0. The highest BCUT2D eigenvalue weighted by Gasteiger charge is 2.21. The van der Waals surface area contributed by atoms with Gasteiger partial charge in [-0.25, -0.2) is 4.39 Å². The molecular weight excluding hydrogens is 367 g/mol. The zero-order valence-electron chi connectivity index (χ0n) is 18.9. The zero-order valence-corrected chi connectivity index (χ0v) is 18.9. The van der Waals surface area contributed by atoms with Crippen LogP contribution in [0, 0.1) is 23.6 Å². The lowest BCUT2D eigenvalue weighted by atomic mass is 9.78. The molecule has 0 unspecified atom stereocenters. The van der Waals surface area contributed by atoms with E-state index in [2.05, 4.69) is 50.0 Å². The fraction of sp³-hybridized carbons (Fsp3) is 0.517. The molecule has 1 aliphatic rings. The Hall–Kier alpha value is -2.07. The van der Waals surface area contributed by atoms with Gasteiger partial charge in [-0.1, -0.05) is 81.7 Å². The van der Waals surface area contributed by atoms with Crippen LogP contribution in [0.25, 0.3) is 0 Å². The number of halogens is 1. The fourth-order valence-electron chi connectivity index (χ4n) is 4.57. The highest BCUT2D eigenvalue weighted by atomic mass is 19.1. The van der Waals surface area contributed by atoms with E-state index in [1.165, 1.54) is 56.1 Å². The molecular formula is C29H37F. The van der Waals surface area contributed by atoms with Gasteiger partial charge in [0.15, 0.2) is 0 Å². The van der Waals surface area contributed by atoms with Crippen LogP contribution in [0.3, 0.4) is 0 Å². The number of benzene rings is 2. The minimum absolute atomic E-state index is 0.110. The Labute approximate surface area is 183 Å². The first-order chi connectivity index (χ1) is 14.7. The first-order valence-corrected chi connectivity index (χ1v) is 12.1. The molecule has 1 saturated carbocycles. The van der Waals surface area contributed by atoms with E-state index in [0.29, 0.717) is 11.8 Å². The van der Waals surface area contributed by atoms with Gasteiger partial charge in [0.1, 0.15) is 5.82 Å². The lowest BCUT2D eigenvalue weighted by molar-refractivity contribution is 0.384. The first kappa shape index (κ1) is 22.6. The third-order valence-electron chi connectivity index (χ3n) is 6.49. The van der Waals surface area contributed by atoms with Crippen molar-refractivity contribution in [2.45, 2.75) is 90.4 Å². The van der Waals surface area contributed by atoms with Crippen LogP contribution in [0.1, 0.15) is 99.8 Å². The second-order valence-electron chi connectivity index (χ2n) is 8.93. The molecule has 0 amide bonds. The smallest absolute Gasteiger partial charge is 0.127 e. The molecule has 0 spiro atoms. The third kappa shape index (κ3) is 6.73. The average Bonchev–Trinajstić information content (AvgIpc) is 2.78. The van der Waals surface area contributed by atoms with Crippen molar-refractivity contribution in [3.05, 3.63) is 70.5 Å². The van der Waals surface area contributed by atoms with Crippen molar-refractivity contribution in [2.24, 2.45) is 5.92 Å². The van der Waals surface area contributed by atoms with Gasteiger partial charge in [0.2, 0.25) is 0 Å². The summed E-state index contributed by atoms with van der Waals surface area (Å²) in [7, 11) is 0. The van der Waals surface area contributed by atoms with Gasteiger partial charge < -0.3 is 0 Å². The van der Waals surface area contributed by atoms with Crippen molar-refractivity contribution in [3.63, 3.8) is 0 Å². The predicted molar refractivity (Wildman–Crippen MR) is 126 cm³/mol. The van der Waals surface area contributed by atoms with Crippen LogP contribution in [0.2, 0.25) is 0 Å². The SMILES string of the molecule is CCCCCCc1ccc([C@H]2CC[C@H](C#Cc3ccc(CCC)c(F)c3)CC2)cc1. The normalized spacial score (nSPS) is 18.6. The van der Waals surface area contributed by atoms with Crippen molar-refractivity contribution in [2.75, 3.05) is 0 Å². The van der Waals surface area contributed by atoms with Gasteiger partial charge in [-0.15, -0.1) is 0 Å². The summed E-state index contributed by atoms with van der Waals surface area (Å²) in [5.41, 5.74) is 4.58. The Kier molecular flexibility index (Phi) is 9.00. The maximum Gasteiger partial charge on any atom is 0.127 e. The minimum Gasteiger partial charge on any atom is -0.207 e. The van der Waals surface area contributed by atoms with Crippen molar-refractivity contribution in [1.29, 1.82) is 0 Å². The number of aryl methyl sites for hydroxylation is 2. The Bertz CT molecular complexity index is 829. The van der Waals surface area contributed by atoms with Crippen molar-refractivity contribution in [3.8, 4) is 11.8 Å². The highest BCUT2D eigenvalue weighted by molar-refractivity contribution is 5.37. The molecule has 0 radical (unpaired) electrons. The van der Waals surface area contributed by atoms with Gasteiger partial charge in [-0.3, -0.25) is 0 Å². The number of rotatable bonds is 8. The molecule has 0 N–H and O–H groups in total. The standard InChI is InChI=1S/C29H37F/c1-3-5-6-7-9-23-12-17-26(18-13-23)27-19-14-24(15-20-27)10-11-25-16-21-28(8-4-2)29(30)22-25/h12-13,16-18,21-22,24,27H,3-9,14-15,19-20H2,1-2H3/t24-,27-. The van der Waals surface area contributed by atoms with Crippen LogP contribution < -0.4 is 0 Å². The minimum atomic E-state index is -0.110. The molecule has 3 rings (SSSR count). The van der Waals surface area contributed by atoms with Gasteiger partial charge in [0, 0.05) is 11.5 Å². The summed E-state index contributed by atoms with van der Waals surface area (Å²) in [6, 6.07) is 14.9. The highest BCUT2D eigenvalue weighted by Crippen LogP contribution is 2.35. The van der Waals surface area contributed by atoms with Gasteiger partial charge in [-0.05, 0) is 79.7 Å². The molecule has 1 heteroatoms. The van der Waals surface area contributed by atoms with Crippen LogP contribution in [-0.4, -0.2) is 0 Å². The van der Waals surface area contributed by atoms with Crippen LogP contribution >= 0.6 is 0 Å². The van der Waals surface area contributed by atoms with Crippen molar-refractivity contribution >= 4 is 0 Å². The quantitative estimate of drug-likeness (QED) is 0.307. The molecule has 0 aliphatic heterocycles. The van der Waals surface area contributed by atoms with Crippen LogP contribution in [0.4, 0.5) is 4.39 Å². The summed E-state index contributed by atoms with van der Waals surface area (Å²) in [6.45, 7) is 4.34. The fourth-order valence-corrected chi connectivity index (χ4v) is 4.57. The number of hydrogen-bond donors (Lipinski definition) is 0. The van der Waals surface area contributed by atoms with E-state index in [0.717, 1.165) is 36.8 Å². The van der Waals surface area contributed by atoms with E-state index in [1.54, 1.807) is 6.07 Å². The second-order valence-corrected chi connectivity index (χ2v) is 8.93. The Morgan fingerprint density at radius 2 is 1.60 bits per heavy atom. The van der Waals surface area contributed by atoms with E-state index in [1.807, 2.05) is 12.1 Å². The third-order valence-corrected chi connectivity index (χ3v) is 6.49. The van der Waals surface area contributed by atoms with E-state index >= 15 is 0 Å². The van der Waals surface area contributed by atoms with Crippen molar-refractivity contribution in [1.82, 2.24) is 0 Å². The zero-order chi connectivity index (χ0) is 21.2. The van der Waals surface area contributed by atoms with Crippen LogP contribution in [0.5, 0.6) is 0 Å². The monoisotopic (exact) mass is 404 g/mol. The largest absolute Gasteiger partial charge is 0.207 e. The van der Waals surface area contributed by atoms with E-state index in [4.69, 9.17) is 0 Å². The predicted octanol–water partition coefficient (Wildman–Crippen LogP) is 8.23. The molecule has 1 fully saturated rings. The van der Waals surface area contributed by atoms with Gasteiger partial charge in [0.25, 0.3) is 0 Å². The van der Waals surface area contributed by atoms with Crippen LogP contribution in [0.15, 0.2) is 42.5 Å². The molecule has 2 aromatic rings. The number of unbranched alkanes of at least 4 members (excludes halogenated alkanes) is 3. The second kappa shape index (κ2) is 11.9.